The zero-order valence-electron chi connectivity index (χ0n) is 11.5. The summed E-state index contributed by atoms with van der Waals surface area (Å²) >= 11 is 0. The van der Waals surface area contributed by atoms with Crippen LogP contribution in [0.25, 0.3) is 0 Å². The van der Waals surface area contributed by atoms with Gasteiger partial charge in [-0.05, 0) is 27.9 Å². The van der Waals surface area contributed by atoms with Crippen LogP contribution in [0.1, 0.15) is 13.8 Å². The Bertz CT molecular complexity index is 266. The molecule has 0 atom stereocenters. The standard InChI is InChI=1S/C13H25N3O/c1-12(2)15-8-10-16(11-9-15)13(17)6-5-7-14(3)4/h5-6,12H,7-11H2,1-4H3/b6-5+. The lowest BCUT2D eigenvalue weighted by molar-refractivity contribution is -0.128. The summed E-state index contributed by atoms with van der Waals surface area (Å²) in [6.07, 6.45) is 3.63. The Kier molecular flexibility index (Phi) is 5.65. The van der Waals surface area contributed by atoms with E-state index in [0.29, 0.717) is 6.04 Å². The van der Waals surface area contributed by atoms with E-state index in [1.807, 2.05) is 30.0 Å². The number of rotatable bonds is 4. The van der Waals surface area contributed by atoms with Crippen molar-refractivity contribution in [2.24, 2.45) is 0 Å². The van der Waals surface area contributed by atoms with Crippen molar-refractivity contribution in [2.45, 2.75) is 19.9 Å². The molecule has 1 amide bonds. The Balaban J connectivity index is 2.33. The molecule has 0 N–H and O–H groups in total. The van der Waals surface area contributed by atoms with Crippen LogP contribution in [-0.4, -0.2) is 73.5 Å². The van der Waals surface area contributed by atoms with Crippen LogP contribution >= 0.6 is 0 Å². The summed E-state index contributed by atoms with van der Waals surface area (Å²) in [6.45, 7) is 8.91. The summed E-state index contributed by atoms with van der Waals surface area (Å²) in [5.74, 6) is 0.148. The van der Waals surface area contributed by atoms with Gasteiger partial charge in [0, 0.05) is 44.8 Å². The molecule has 1 aliphatic heterocycles. The summed E-state index contributed by atoms with van der Waals surface area (Å²) in [6, 6.07) is 0.580. The van der Waals surface area contributed by atoms with Crippen molar-refractivity contribution < 1.29 is 4.79 Å². The molecule has 0 spiro atoms. The maximum Gasteiger partial charge on any atom is 0.246 e. The van der Waals surface area contributed by atoms with E-state index < -0.39 is 0 Å². The zero-order valence-corrected chi connectivity index (χ0v) is 11.5. The maximum atomic E-state index is 11.9. The average molecular weight is 239 g/mol. The molecule has 1 rings (SSSR count). The number of likely N-dealkylation sites (N-methyl/N-ethyl adjacent to an activating group) is 1. The van der Waals surface area contributed by atoms with Gasteiger partial charge in [0.1, 0.15) is 0 Å². The van der Waals surface area contributed by atoms with Gasteiger partial charge in [-0.2, -0.15) is 0 Å². The minimum atomic E-state index is 0.148. The van der Waals surface area contributed by atoms with Gasteiger partial charge in [0.25, 0.3) is 0 Å². The van der Waals surface area contributed by atoms with E-state index in [4.69, 9.17) is 0 Å². The predicted octanol–water partition coefficient (Wildman–Crippen LogP) is 0.657. The fourth-order valence-corrected chi connectivity index (χ4v) is 1.93. The first-order valence-corrected chi connectivity index (χ1v) is 6.35. The lowest BCUT2D eigenvalue weighted by Crippen LogP contribution is -2.50. The van der Waals surface area contributed by atoms with Crippen LogP contribution in [0.3, 0.4) is 0 Å². The van der Waals surface area contributed by atoms with E-state index in [9.17, 15) is 4.79 Å². The van der Waals surface area contributed by atoms with Crippen LogP contribution in [0.4, 0.5) is 0 Å². The van der Waals surface area contributed by atoms with Gasteiger partial charge in [-0.3, -0.25) is 9.69 Å². The van der Waals surface area contributed by atoms with Gasteiger partial charge in [-0.1, -0.05) is 6.08 Å². The van der Waals surface area contributed by atoms with Gasteiger partial charge in [-0.25, -0.2) is 0 Å². The number of hydrogen-bond acceptors (Lipinski definition) is 3. The third kappa shape index (κ3) is 4.88. The molecule has 0 unspecified atom stereocenters. The van der Waals surface area contributed by atoms with Crippen molar-refractivity contribution >= 4 is 5.91 Å². The molecule has 4 heteroatoms. The largest absolute Gasteiger partial charge is 0.337 e. The quantitative estimate of drug-likeness (QED) is 0.674. The van der Waals surface area contributed by atoms with Crippen molar-refractivity contribution in [3.63, 3.8) is 0 Å². The minimum Gasteiger partial charge on any atom is -0.337 e. The molecule has 0 aromatic rings. The molecular formula is C13H25N3O. The summed E-state index contributed by atoms with van der Waals surface area (Å²) in [7, 11) is 3.99. The SMILES string of the molecule is CC(C)N1CCN(C(=O)/C=C/CN(C)C)CC1. The summed E-state index contributed by atoms with van der Waals surface area (Å²) in [5.41, 5.74) is 0. The molecule has 0 aromatic heterocycles. The molecule has 0 bridgehead atoms. The van der Waals surface area contributed by atoms with Gasteiger partial charge >= 0.3 is 0 Å². The molecule has 1 saturated heterocycles. The second kappa shape index (κ2) is 6.77. The number of carbonyl (C=O) groups is 1. The Labute approximate surface area is 105 Å². The van der Waals surface area contributed by atoms with Crippen molar-refractivity contribution in [3.05, 3.63) is 12.2 Å². The number of nitrogens with zero attached hydrogens (tertiary/aromatic N) is 3. The first-order valence-electron chi connectivity index (χ1n) is 6.35. The monoisotopic (exact) mass is 239 g/mol. The molecule has 1 heterocycles. The van der Waals surface area contributed by atoms with E-state index in [1.54, 1.807) is 6.08 Å². The van der Waals surface area contributed by atoms with E-state index in [2.05, 4.69) is 18.7 Å². The molecule has 17 heavy (non-hydrogen) atoms. The fraction of sp³-hybridized carbons (Fsp3) is 0.769. The molecular weight excluding hydrogens is 214 g/mol. The smallest absolute Gasteiger partial charge is 0.246 e. The molecule has 1 fully saturated rings. The molecule has 0 aliphatic carbocycles. The maximum absolute atomic E-state index is 11.9. The number of amides is 1. The Morgan fingerprint density at radius 1 is 1.24 bits per heavy atom. The van der Waals surface area contributed by atoms with Crippen LogP contribution in [0.5, 0.6) is 0 Å². The zero-order chi connectivity index (χ0) is 12.8. The fourth-order valence-electron chi connectivity index (χ4n) is 1.93. The molecule has 0 radical (unpaired) electrons. The lowest BCUT2D eigenvalue weighted by atomic mass is 10.2. The number of carbonyl (C=O) groups excluding carboxylic acids is 1. The Morgan fingerprint density at radius 3 is 2.29 bits per heavy atom. The minimum absolute atomic E-state index is 0.148. The predicted molar refractivity (Wildman–Crippen MR) is 71.0 cm³/mol. The summed E-state index contributed by atoms with van der Waals surface area (Å²) in [5, 5.41) is 0. The van der Waals surface area contributed by atoms with Gasteiger partial charge in [0.05, 0.1) is 0 Å². The van der Waals surface area contributed by atoms with Crippen LogP contribution in [0.2, 0.25) is 0 Å². The van der Waals surface area contributed by atoms with E-state index in [1.165, 1.54) is 0 Å². The molecule has 0 saturated carbocycles. The third-order valence-corrected chi connectivity index (χ3v) is 3.09. The highest BCUT2D eigenvalue weighted by Gasteiger charge is 2.20. The first kappa shape index (κ1) is 14.2. The first-order chi connectivity index (χ1) is 8.00. The van der Waals surface area contributed by atoms with Crippen LogP contribution < -0.4 is 0 Å². The third-order valence-electron chi connectivity index (χ3n) is 3.09. The highest BCUT2D eigenvalue weighted by atomic mass is 16.2. The second-order valence-corrected chi connectivity index (χ2v) is 5.12. The summed E-state index contributed by atoms with van der Waals surface area (Å²) in [4.78, 5) is 18.2. The van der Waals surface area contributed by atoms with E-state index in [0.717, 1.165) is 32.7 Å². The Hall–Kier alpha value is -0.870. The number of hydrogen-bond donors (Lipinski definition) is 0. The van der Waals surface area contributed by atoms with Crippen molar-refractivity contribution in [1.82, 2.24) is 14.7 Å². The van der Waals surface area contributed by atoms with Gasteiger partial charge < -0.3 is 9.80 Å². The van der Waals surface area contributed by atoms with Crippen molar-refractivity contribution in [2.75, 3.05) is 46.8 Å². The molecule has 4 nitrogen and oxygen atoms in total. The average Bonchev–Trinajstić information content (AvgIpc) is 2.28. The normalized spacial score (nSPS) is 18.6. The number of piperazine rings is 1. The van der Waals surface area contributed by atoms with Crippen molar-refractivity contribution in [3.8, 4) is 0 Å². The topological polar surface area (TPSA) is 26.8 Å². The van der Waals surface area contributed by atoms with Crippen LogP contribution in [0.15, 0.2) is 12.2 Å². The van der Waals surface area contributed by atoms with Crippen LogP contribution in [0, 0.1) is 0 Å². The van der Waals surface area contributed by atoms with Gasteiger partial charge in [0.15, 0.2) is 0 Å². The van der Waals surface area contributed by atoms with Gasteiger partial charge in [-0.15, -0.1) is 0 Å². The highest BCUT2D eigenvalue weighted by Crippen LogP contribution is 2.06. The van der Waals surface area contributed by atoms with Crippen molar-refractivity contribution in [1.29, 1.82) is 0 Å². The van der Waals surface area contributed by atoms with Gasteiger partial charge in [0.2, 0.25) is 5.91 Å². The molecule has 1 aliphatic rings. The van der Waals surface area contributed by atoms with Crippen LogP contribution in [-0.2, 0) is 4.79 Å². The van der Waals surface area contributed by atoms with E-state index in [-0.39, 0.29) is 5.91 Å². The Morgan fingerprint density at radius 2 is 1.82 bits per heavy atom. The second-order valence-electron chi connectivity index (χ2n) is 5.12. The summed E-state index contributed by atoms with van der Waals surface area (Å²) < 4.78 is 0. The molecule has 0 aromatic carbocycles. The lowest BCUT2D eigenvalue weighted by Gasteiger charge is -2.36. The highest BCUT2D eigenvalue weighted by molar-refractivity contribution is 5.87. The molecule has 98 valence electrons. The van der Waals surface area contributed by atoms with E-state index >= 15 is 0 Å².